The van der Waals surface area contributed by atoms with Gasteiger partial charge in [0.15, 0.2) is 0 Å². The average molecular weight is 258 g/mol. The molecule has 1 heterocycles. The van der Waals surface area contributed by atoms with Gasteiger partial charge in [0, 0.05) is 24.7 Å². The van der Waals surface area contributed by atoms with Crippen LogP contribution in [0.5, 0.6) is 0 Å². The smallest absolute Gasteiger partial charge is 0.300 e. The normalized spacial score (nSPS) is 10.9. The molecular weight excluding hydrogens is 240 g/mol. The Kier molecular flexibility index (Phi) is 3.69. The Morgan fingerprint density at radius 1 is 1.16 bits per heavy atom. The van der Waals surface area contributed by atoms with Crippen molar-refractivity contribution in [2.75, 3.05) is 0 Å². The maximum absolute atomic E-state index is 12.0. The van der Waals surface area contributed by atoms with E-state index in [0.29, 0.717) is 12.0 Å². The Bertz CT molecular complexity index is 682. The van der Waals surface area contributed by atoms with Gasteiger partial charge in [0.2, 0.25) is 0 Å². The summed E-state index contributed by atoms with van der Waals surface area (Å²) < 4.78 is 1.53. The summed E-state index contributed by atoms with van der Waals surface area (Å²) in [6, 6.07) is 9.85. The van der Waals surface area contributed by atoms with Gasteiger partial charge in [-0.3, -0.25) is 9.78 Å². The predicted molar refractivity (Wildman–Crippen MR) is 75.6 cm³/mol. The van der Waals surface area contributed by atoms with Crippen molar-refractivity contribution in [3.05, 3.63) is 68.0 Å². The molecule has 0 fully saturated rings. The predicted octanol–water partition coefficient (Wildman–Crippen LogP) is 1.79. The minimum Gasteiger partial charge on any atom is -0.300 e. The third-order valence-electron chi connectivity index (χ3n) is 3.28. The van der Waals surface area contributed by atoms with Crippen LogP contribution in [-0.4, -0.2) is 9.55 Å². The lowest BCUT2D eigenvalue weighted by atomic mass is 9.98. The highest BCUT2D eigenvalue weighted by Crippen LogP contribution is 2.16. The molecule has 1 aromatic carbocycles. The van der Waals surface area contributed by atoms with Crippen molar-refractivity contribution in [2.45, 2.75) is 26.2 Å². The lowest BCUT2D eigenvalue weighted by molar-refractivity contribution is 0.694. The molecule has 2 rings (SSSR count). The first-order valence-corrected chi connectivity index (χ1v) is 6.36. The molecule has 2 aromatic rings. The Hall–Kier alpha value is -2.10. The van der Waals surface area contributed by atoms with E-state index in [2.05, 4.69) is 4.98 Å². The van der Waals surface area contributed by atoms with E-state index in [1.165, 1.54) is 4.57 Å². The third-order valence-corrected chi connectivity index (χ3v) is 3.28. The number of aromatic amines is 1. The summed E-state index contributed by atoms with van der Waals surface area (Å²) in [7, 11) is 1.70. The maximum Gasteiger partial charge on any atom is 0.328 e. The third kappa shape index (κ3) is 2.67. The maximum atomic E-state index is 12.0. The summed E-state index contributed by atoms with van der Waals surface area (Å²) in [5.74, 6) is 0.0780. The second-order valence-corrected chi connectivity index (χ2v) is 5.00. The van der Waals surface area contributed by atoms with Crippen molar-refractivity contribution in [2.24, 2.45) is 7.05 Å². The molecule has 0 amide bonds. The monoisotopic (exact) mass is 258 g/mol. The topological polar surface area (TPSA) is 54.9 Å². The first-order chi connectivity index (χ1) is 9.00. The van der Waals surface area contributed by atoms with Crippen LogP contribution in [0.15, 0.2) is 39.9 Å². The minimum absolute atomic E-state index is 0.0780. The lowest BCUT2D eigenvalue weighted by Crippen LogP contribution is -2.34. The molecule has 0 unspecified atom stereocenters. The Labute approximate surface area is 111 Å². The summed E-state index contributed by atoms with van der Waals surface area (Å²) in [6.07, 6.45) is 0.587. The summed E-state index contributed by atoms with van der Waals surface area (Å²) in [5, 5.41) is 0. The zero-order valence-electron chi connectivity index (χ0n) is 11.4. The van der Waals surface area contributed by atoms with E-state index in [4.69, 9.17) is 0 Å². The standard InChI is InChI=1S/C15H18N2O2/c1-10(2)13-12(9-11-7-5-4-6-8-11)17(3)15(19)16-14(13)18/h4-8,10H,9H2,1-3H3,(H,16,18,19). The summed E-state index contributed by atoms with van der Waals surface area (Å²) in [4.78, 5) is 26.1. The number of nitrogens with zero attached hydrogens (tertiary/aromatic N) is 1. The second-order valence-electron chi connectivity index (χ2n) is 5.00. The van der Waals surface area contributed by atoms with E-state index in [1.807, 2.05) is 44.2 Å². The molecule has 100 valence electrons. The van der Waals surface area contributed by atoms with Crippen LogP contribution in [0.2, 0.25) is 0 Å². The first kappa shape index (κ1) is 13.3. The van der Waals surface area contributed by atoms with Gasteiger partial charge >= 0.3 is 5.69 Å². The molecule has 0 bridgehead atoms. The Morgan fingerprint density at radius 2 is 1.79 bits per heavy atom. The number of rotatable bonds is 3. The number of benzene rings is 1. The van der Waals surface area contributed by atoms with Crippen molar-refractivity contribution in [1.29, 1.82) is 0 Å². The summed E-state index contributed by atoms with van der Waals surface area (Å²) in [6.45, 7) is 3.92. The van der Waals surface area contributed by atoms with Crippen LogP contribution in [0.3, 0.4) is 0 Å². The van der Waals surface area contributed by atoms with E-state index in [9.17, 15) is 9.59 Å². The number of hydrogen-bond donors (Lipinski definition) is 1. The van der Waals surface area contributed by atoms with Gasteiger partial charge in [-0.1, -0.05) is 44.2 Å². The van der Waals surface area contributed by atoms with Crippen LogP contribution < -0.4 is 11.2 Å². The van der Waals surface area contributed by atoms with E-state index in [-0.39, 0.29) is 17.2 Å². The molecule has 0 aliphatic carbocycles. The molecule has 0 saturated carbocycles. The lowest BCUT2D eigenvalue weighted by Gasteiger charge is -2.15. The highest BCUT2D eigenvalue weighted by Gasteiger charge is 2.15. The number of nitrogens with one attached hydrogen (secondary N) is 1. The molecule has 0 aliphatic heterocycles. The fourth-order valence-corrected chi connectivity index (χ4v) is 2.28. The van der Waals surface area contributed by atoms with Gasteiger partial charge in [-0.15, -0.1) is 0 Å². The van der Waals surface area contributed by atoms with Crippen LogP contribution >= 0.6 is 0 Å². The first-order valence-electron chi connectivity index (χ1n) is 6.36. The van der Waals surface area contributed by atoms with Crippen molar-refractivity contribution in [3.63, 3.8) is 0 Å². The largest absolute Gasteiger partial charge is 0.328 e. The molecule has 0 saturated heterocycles. The molecule has 0 aliphatic rings. The number of H-pyrrole nitrogens is 1. The summed E-state index contributed by atoms with van der Waals surface area (Å²) >= 11 is 0. The van der Waals surface area contributed by atoms with Crippen molar-refractivity contribution in [3.8, 4) is 0 Å². The quantitative estimate of drug-likeness (QED) is 0.912. The van der Waals surface area contributed by atoms with Crippen LogP contribution in [0, 0.1) is 0 Å². The van der Waals surface area contributed by atoms with Gasteiger partial charge in [0.05, 0.1) is 0 Å². The van der Waals surface area contributed by atoms with E-state index < -0.39 is 0 Å². The molecule has 0 radical (unpaired) electrons. The van der Waals surface area contributed by atoms with Crippen molar-refractivity contribution >= 4 is 0 Å². The van der Waals surface area contributed by atoms with Gasteiger partial charge in [-0.25, -0.2) is 4.79 Å². The molecule has 4 heteroatoms. The van der Waals surface area contributed by atoms with Gasteiger partial charge in [0.1, 0.15) is 0 Å². The fourth-order valence-electron chi connectivity index (χ4n) is 2.28. The fraction of sp³-hybridized carbons (Fsp3) is 0.333. The van der Waals surface area contributed by atoms with Gasteiger partial charge < -0.3 is 4.57 Å². The molecule has 0 spiro atoms. The molecule has 1 aromatic heterocycles. The molecule has 1 N–H and O–H groups in total. The Balaban J connectivity index is 2.61. The van der Waals surface area contributed by atoms with Crippen molar-refractivity contribution in [1.82, 2.24) is 9.55 Å². The Morgan fingerprint density at radius 3 is 2.37 bits per heavy atom. The van der Waals surface area contributed by atoms with Crippen molar-refractivity contribution < 1.29 is 0 Å². The average Bonchev–Trinajstić information content (AvgIpc) is 2.36. The highest BCUT2D eigenvalue weighted by atomic mass is 16.2. The second kappa shape index (κ2) is 5.26. The molecule has 19 heavy (non-hydrogen) atoms. The van der Waals surface area contributed by atoms with Crippen LogP contribution in [0.25, 0.3) is 0 Å². The zero-order chi connectivity index (χ0) is 14.0. The van der Waals surface area contributed by atoms with E-state index >= 15 is 0 Å². The van der Waals surface area contributed by atoms with Crippen LogP contribution in [-0.2, 0) is 13.5 Å². The van der Waals surface area contributed by atoms with Crippen LogP contribution in [0.4, 0.5) is 0 Å². The SMILES string of the molecule is CC(C)c1c(Cc2ccccc2)n(C)c(=O)[nH]c1=O. The van der Waals surface area contributed by atoms with Gasteiger partial charge in [0.25, 0.3) is 5.56 Å². The number of hydrogen-bond acceptors (Lipinski definition) is 2. The minimum atomic E-state index is -0.361. The summed E-state index contributed by atoms with van der Waals surface area (Å²) in [5.41, 5.74) is 1.93. The van der Waals surface area contributed by atoms with E-state index in [0.717, 1.165) is 11.3 Å². The molecular formula is C15H18N2O2. The van der Waals surface area contributed by atoms with Gasteiger partial charge in [-0.05, 0) is 11.5 Å². The van der Waals surface area contributed by atoms with E-state index in [1.54, 1.807) is 7.05 Å². The van der Waals surface area contributed by atoms with Gasteiger partial charge in [-0.2, -0.15) is 0 Å². The number of aromatic nitrogens is 2. The zero-order valence-corrected chi connectivity index (χ0v) is 11.4. The molecule has 4 nitrogen and oxygen atoms in total. The molecule has 0 atom stereocenters. The van der Waals surface area contributed by atoms with Crippen LogP contribution in [0.1, 0.15) is 36.6 Å². The highest BCUT2D eigenvalue weighted by molar-refractivity contribution is 5.28.